The van der Waals surface area contributed by atoms with E-state index >= 15 is 0 Å². The topological polar surface area (TPSA) is 55.4 Å². The lowest BCUT2D eigenvalue weighted by atomic mass is 10.1. The molecule has 0 bridgehead atoms. The van der Waals surface area contributed by atoms with E-state index in [1.54, 1.807) is 0 Å². The standard InChI is InChI=1S/C14H12O3.C12H9NS/c1-7-4-12(15)17-14-9(3)13-10(6-11(7)14)5-8(2)16-13;1-3-7-11-9(5-1)13-10-6-2-4-8-12(10)14-11/h4-6H,1-3H3;1-8,13H. The van der Waals surface area contributed by atoms with E-state index in [9.17, 15) is 4.79 Å². The van der Waals surface area contributed by atoms with Crippen LogP contribution < -0.4 is 10.9 Å². The highest BCUT2D eigenvalue weighted by molar-refractivity contribution is 7.99. The number of furan rings is 1. The zero-order chi connectivity index (χ0) is 21.5. The molecule has 3 aromatic carbocycles. The van der Waals surface area contributed by atoms with Gasteiger partial charge in [0.1, 0.15) is 16.9 Å². The summed E-state index contributed by atoms with van der Waals surface area (Å²) >= 11 is 1.82. The summed E-state index contributed by atoms with van der Waals surface area (Å²) in [6.07, 6.45) is 0. The molecule has 3 heterocycles. The van der Waals surface area contributed by atoms with Crippen LogP contribution in [-0.4, -0.2) is 0 Å². The lowest BCUT2D eigenvalue weighted by Crippen LogP contribution is -1.98. The van der Waals surface area contributed by atoms with Gasteiger partial charge in [-0.1, -0.05) is 36.0 Å². The molecule has 5 aromatic rings. The van der Waals surface area contributed by atoms with E-state index in [1.807, 2.05) is 44.7 Å². The van der Waals surface area contributed by atoms with Crippen LogP contribution in [0.15, 0.2) is 90.1 Å². The number of anilines is 2. The van der Waals surface area contributed by atoms with Crippen LogP contribution in [-0.2, 0) is 0 Å². The first-order chi connectivity index (χ1) is 15.0. The van der Waals surface area contributed by atoms with Crippen molar-refractivity contribution in [2.24, 2.45) is 0 Å². The third-order valence-corrected chi connectivity index (χ3v) is 6.49. The van der Waals surface area contributed by atoms with Gasteiger partial charge in [-0.25, -0.2) is 4.79 Å². The third-order valence-electron chi connectivity index (χ3n) is 5.33. The van der Waals surface area contributed by atoms with E-state index < -0.39 is 0 Å². The monoisotopic (exact) mass is 427 g/mol. The first kappa shape index (κ1) is 19.5. The minimum atomic E-state index is -0.319. The summed E-state index contributed by atoms with van der Waals surface area (Å²) in [6.45, 7) is 5.74. The quantitative estimate of drug-likeness (QED) is 0.257. The molecule has 0 saturated heterocycles. The van der Waals surface area contributed by atoms with Gasteiger partial charge in [-0.15, -0.1) is 0 Å². The Morgan fingerprint density at radius 3 is 2.10 bits per heavy atom. The van der Waals surface area contributed by atoms with Gasteiger partial charge in [0.15, 0.2) is 0 Å². The van der Waals surface area contributed by atoms with Crippen molar-refractivity contribution in [1.29, 1.82) is 0 Å². The van der Waals surface area contributed by atoms with Crippen LogP contribution in [0.4, 0.5) is 11.4 Å². The summed E-state index contributed by atoms with van der Waals surface area (Å²) in [4.78, 5) is 14.0. The van der Waals surface area contributed by atoms with Gasteiger partial charge < -0.3 is 14.2 Å². The molecule has 0 fully saturated rings. The first-order valence-electron chi connectivity index (χ1n) is 10.1. The largest absolute Gasteiger partial charge is 0.461 e. The molecule has 0 spiro atoms. The predicted octanol–water partition coefficient (Wildman–Crippen LogP) is 7.36. The van der Waals surface area contributed by atoms with Crippen molar-refractivity contribution in [2.45, 2.75) is 30.6 Å². The summed E-state index contributed by atoms with van der Waals surface area (Å²) in [5.41, 5.74) is 5.32. The van der Waals surface area contributed by atoms with Crippen LogP contribution in [0.2, 0.25) is 0 Å². The molecule has 6 rings (SSSR count). The zero-order valence-electron chi connectivity index (χ0n) is 17.5. The fraction of sp³-hybridized carbons (Fsp3) is 0.115. The molecule has 0 aliphatic carbocycles. The fourth-order valence-corrected chi connectivity index (χ4v) is 4.84. The van der Waals surface area contributed by atoms with Crippen LogP contribution in [0.5, 0.6) is 0 Å². The van der Waals surface area contributed by atoms with E-state index in [4.69, 9.17) is 8.83 Å². The molecule has 0 saturated carbocycles. The number of benzene rings is 3. The molecule has 0 amide bonds. The number of hydrogen-bond acceptors (Lipinski definition) is 5. The summed E-state index contributed by atoms with van der Waals surface area (Å²) in [7, 11) is 0. The van der Waals surface area contributed by atoms with Crippen molar-refractivity contribution in [3.05, 3.63) is 94.0 Å². The second kappa shape index (κ2) is 7.67. The number of hydrogen-bond donors (Lipinski definition) is 1. The maximum Gasteiger partial charge on any atom is 0.336 e. The van der Waals surface area contributed by atoms with Crippen LogP contribution in [0.25, 0.3) is 21.9 Å². The van der Waals surface area contributed by atoms with Gasteiger partial charge in [0.25, 0.3) is 0 Å². The Morgan fingerprint density at radius 2 is 1.42 bits per heavy atom. The number of rotatable bonds is 0. The van der Waals surface area contributed by atoms with Gasteiger partial charge in [0, 0.05) is 32.2 Å². The Balaban J connectivity index is 0.000000134. The average molecular weight is 428 g/mol. The van der Waals surface area contributed by atoms with Gasteiger partial charge in [-0.05, 0) is 62.7 Å². The molecular weight excluding hydrogens is 406 g/mol. The maximum atomic E-state index is 11.4. The minimum absolute atomic E-state index is 0.319. The summed E-state index contributed by atoms with van der Waals surface area (Å²) in [5, 5.41) is 5.43. The Morgan fingerprint density at radius 1 is 0.774 bits per heavy atom. The molecular formula is C26H21NO3S. The number of aryl methyl sites for hydroxylation is 3. The van der Waals surface area contributed by atoms with Crippen molar-refractivity contribution in [2.75, 3.05) is 5.32 Å². The van der Waals surface area contributed by atoms with Crippen LogP contribution in [0.3, 0.4) is 0 Å². The molecule has 0 atom stereocenters. The highest BCUT2D eigenvalue weighted by atomic mass is 32.2. The van der Waals surface area contributed by atoms with Gasteiger partial charge in [0.2, 0.25) is 0 Å². The number of fused-ring (bicyclic) bond motifs is 4. The molecule has 31 heavy (non-hydrogen) atoms. The van der Waals surface area contributed by atoms with Crippen molar-refractivity contribution < 1.29 is 8.83 Å². The molecule has 154 valence electrons. The van der Waals surface area contributed by atoms with Crippen molar-refractivity contribution in [3.8, 4) is 0 Å². The normalized spacial score (nSPS) is 12.0. The fourth-order valence-electron chi connectivity index (χ4n) is 3.85. The van der Waals surface area contributed by atoms with Crippen molar-refractivity contribution in [3.63, 3.8) is 0 Å². The third kappa shape index (κ3) is 3.62. The highest BCUT2D eigenvalue weighted by Crippen LogP contribution is 2.43. The molecule has 2 aromatic heterocycles. The first-order valence-corrected chi connectivity index (χ1v) is 10.9. The Hall–Kier alpha value is -3.44. The summed E-state index contributed by atoms with van der Waals surface area (Å²) in [6, 6.07) is 22.3. The highest BCUT2D eigenvalue weighted by Gasteiger charge is 2.14. The molecule has 5 heteroatoms. The molecule has 1 aliphatic rings. The lowest BCUT2D eigenvalue weighted by molar-refractivity contribution is 0.551. The van der Waals surface area contributed by atoms with Gasteiger partial charge in [-0.2, -0.15) is 0 Å². The molecule has 0 unspecified atom stereocenters. The van der Waals surface area contributed by atoms with Crippen LogP contribution >= 0.6 is 11.8 Å². The van der Waals surface area contributed by atoms with E-state index in [2.05, 4.69) is 53.8 Å². The average Bonchev–Trinajstić information content (AvgIpc) is 3.14. The summed E-state index contributed by atoms with van der Waals surface area (Å²) in [5.74, 6) is 0.860. The number of nitrogens with one attached hydrogen (secondary N) is 1. The maximum absolute atomic E-state index is 11.4. The second-order valence-corrected chi connectivity index (χ2v) is 8.71. The lowest BCUT2D eigenvalue weighted by Gasteiger charge is -2.19. The van der Waals surface area contributed by atoms with Crippen LogP contribution in [0, 0.1) is 20.8 Å². The van der Waals surface area contributed by atoms with Crippen molar-refractivity contribution in [1.82, 2.24) is 0 Å². The Bertz CT molecular complexity index is 1410. The second-order valence-electron chi connectivity index (χ2n) is 7.62. The van der Waals surface area contributed by atoms with E-state index in [-0.39, 0.29) is 5.63 Å². The molecule has 1 aliphatic heterocycles. The van der Waals surface area contributed by atoms with Crippen molar-refractivity contribution >= 4 is 45.1 Å². The molecule has 1 N–H and O–H groups in total. The molecule has 0 radical (unpaired) electrons. The summed E-state index contributed by atoms with van der Waals surface area (Å²) < 4.78 is 10.9. The van der Waals surface area contributed by atoms with Gasteiger partial charge in [-0.3, -0.25) is 0 Å². The predicted molar refractivity (Wildman–Crippen MR) is 127 cm³/mol. The van der Waals surface area contributed by atoms with E-state index in [0.29, 0.717) is 5.58 Å². The van der Waals surface area contributed by atoms with Gasteiger partial charge >= 0.3 is 5.63 Å². The van der Waals surface area contributed by atoms with Crippen LogP contribution in [0.1, 0.15) is 16.9 Å². The smallest absolute Gasteiger partial charge is 0.336 e. The zero-order valence-corrected chi connectivity index (χ0v) is 18.3. The SMILES string of the molecule is Cc1cc2cc3c(C)cc(=O)oc3c(C)c2o1.c1ccc2c(c1)Nc1ccccc1S2. The Kier molecular flexibility index (Phi) is 4.83. The van der Waals surface area contributed by atoms with E-state index in [1.165, 1.54) is 27.2 Å². The number of para-hydroxylation sites is 2. The Labute approximate surface area is 183 Å². The molecule has 4 nitrogen and oxygen atoms in total. The van der Waals surface area contributed by atoms with E-state index in [0.717, 1.165) is 33.2 Å². The van der Waals surface area contributed by atoms with Gasteiger partial charge in [0.05, 0.1) is 11.4 Å². The minimum Gasteiger partial charge on any atom is -0.461 e.